The molecule has 0 fully saturated rings. The van der Waals surface area contributed by atoms with Gasteiger partial charge in [-0.3, -0.25) is 0 Å². The molecule has 3 nitrogen and oxygen atoms in total. The molecule has 0 aliphatic carbocycles. The van der Waals surface area contributed by atoms with Gasteiger partial charge in [-0.2, -0.15) is 0 Å². The second kappa shape index (κ2) is 8.36. The van der Waals surface area contributed by atoms with Gasteiger partial charge in [0, 0.05) is 0 Å². The SMILES string of the molecule is C=C(/C=C\C(=C/C)OC)C(N)(c1ccccc1)c1ccc(OC)cc1. The molecule has 0 radical (unpaired) electrons. The van der Waals surface area contributed by atoms with Crippen LogP contribution in [-0.4, -0.2) is 14.2 Å². The Morgan fingerprint density at radius 3 is 2.08 bits per heavy atom. The molecule has 2 aromatic carbocycles. The molecule has 2 rings (SSSR count). The summed E-state index contributed by atoms with van der Waals surface area (Å²) >= 11 is 0. The zero-order valence-corrected chi connectivity index (χ0v) is 15.0. The zero-order chi connectivity index (χ0) is 18.3. The van der Waals surface area contributed by atoms with Crippen molar-refractivity contribution in [1.29, 1.82) is 0 Å². The lowest BCUT2D eigenvalue weighted by molar-refractivity contribution is 0.306. The lowest BCUT2D eigenvalue weighted by Gasteiger charge is -2.32. The smallest absolute Gasteiger partial charge is 0.118 e. The Balaban J connectivity index is 2.51. The summed E-state index contributed by atoms with van der Waals surface area (Å²) in [7, 11) is 3.28. The van der Waals surface area contributed by atoms with Gasteiger partial charge in [0.05, 0.1) is 19.8 Å². The highest BCUT2D eigenvalue weighted by atomic mass is 16.5. The van der Waals surface area contributed by atoms with E-state index >= 15 is 0 Å². The Labute approximate surface area is 150 Å². The van der Waals surface area contributed by atoms with Crippen molar-refractivity contribution in [2.75, 3.05) is 14.2 Å². The molecule has 0 heterocycles. The fraction of sp³-hybridized carbons (Fsp3) is 0.182. The minimum Gasteiger partial charge on any atom is -0.497 e. The van der Waals surface area contributed by atoms with Crippen molar-refractivity contribution in [2.24, 2.45) is 5.73 Å². The van der Waals surface area contributed by atoms with Gasteiger partial charge in [-0.25, -0.2) is 0 Å². The third-order valence-corrected chi connectivity index (χ3v) is 4.25. The maximum Gasteiger partial charge on any atom is 0.118 e. The molecule has 0 aliphatic heterocycles. The van der Waals surface area contributed by atoms with E-state index in [1.807, 2.05) is 79.7 Å². The Bertz CT molecular complexity index is 760. The molecule has 2 aromatic rings. The van der Waals surface area contributed by atoms with E-state index in [2.05, 4.69) is 6.58 Å². The summed E-state index contributed by atoms with van der Waals surface area (Å²) in [5, 5.41) is 0. The Morgan fingerprint density at radius 1 is 0.960 bits per heavy atom. The van der Waals surface area contributed by atoms with Crippen LogP contribution in [-0.2, 0) is 10.3 Å². The molecule has 2 N–H and O–H groups in total. The number of hydrogen-bond acceptors (Lipinski definition) is 3. The molecule has 0 bridgehead atoms. The maximum absolute atomic E-state index is 6.89. The van der Waals surface area contributed by atoms with E-state index in [-0.39, 0.29) is 0 Å². The summed E-state index contributed by atoms with van der Waals surface area (Å²) in [5.74, 6) is 1.54. The predicted molar refractivity (Wildman–Crippen MR) is 103 cm³/mol. The van der Waals surface area contributed by atoms with Crippen molar-refractivity contribution in [2.45, 2.75) is 12.5 Å². The van der Waals surface area contributed by atoms with Crippen LogP contribution in [0.5, 0.6) is 5.75 Å². The lowest BCUT2D eigenvalue weighted by Crippen LogP contribution is -2.39. The topological polar surface area (TPSA) is 44.5 Å². The Kier molecular flexibility index (Phi) is 6.20. The Hall–Kier alpha value is -2.78. The van der Waals surface area contributed by atoms with Crippen LogP contribution < -0.4 is 10.5 Å². The number of rotatable bonds is 7. The number of hydrogen-bond donors (Lipinski definition) is 1. The number of ether oxygens (including phenoxy) is 2. The van der Waals surface area contributed by atoms with E-state index in [0.717, 1.165) is 28.2 Å². The van der Waals surface area contributed by atoms with Gasteiger partial charge in [0.1, 0.15) is 11.5 Å². The first-order valence-electron chi connectivity index (χ1n) is 8.13. The first-order chi connectivity index (χ1) is 12.1. The molecule has 3 heteroatoms. The number of benzene rings is 2. The molecular weight excluding hydrogens is 310 g/mol. The summed E-state index contributed by atoms with van der Waals surface area (Å²) in [6.07, 6.45) is 5.66. The van der Waals surface area contributed by atoms with Crippen LogP contribution in [0.25, 0.3) is 0 Å². The van der Waals surface area contributed by atoms with Crippen LogP contribution in [0.3, 0.4) is 0 Å². The molecule has 1 unspecified atom stereocenters. The van der Waals surface area contributed by atoms with Crippen LogP contribution in [0, 0.1) is 0 Å². The molecule has 25 heavy (non-hydrogen) atoms. The minimum absolute atomic E-state index is 0.756. The second-order valence-corrected chi connectivity index (χ2v) is 5.66. The van der Waals surface area contributed by atoms with Crippen molar-refractivity contribution in [3.8, 4) is 5.75 Å². The van der Waals surface area contributed by atoms with Gasteiger partial charge in [0.25, 0.3) is 0 Å². The van der Waals surface area contributed by atoms with E-state index < -0.39 is 5.54 Å². The molecule has 1 atom stereocenters. The van der Waals surface area contributed by atoms with Crippen LogP contribution in [0.4, 0.5) is 0 Å². The van der Waals surface area contributed by atoms with Crippen LogP contribution in [0.2, 0.25) is 0 Å². The molecule has 0 aromatic heterocycles. The first-order valence-corrected chi connectivity index (χ1v) is 8.13. The minimum atomic E-state index is -0.851. The maximum atomic E-state index is 6.89. The lowest BCUT2D eigenvalue weighted by atomic mass is 9.78. The average molecular weight is 335 g/mol. The summed E-state index contributed by atoms with van der Waals surface area (Å²) < 4.78 is 10.5. The summed E-state index contributed by atoms with van der Waals surface area (Å²) in [5.41, 5.74) is 8.71. The van der Waals surface area contributed by atoms with Crippen LogP contribution >= 0.6 is 0 Å². The molecule has 130 valence electrons. The highest BCUT2D eigenvalue weighted by Gasteiger charge is 2.31. The van der Waals surface area contributed by atoms with E-state index in [1.54, 1.807) is 14.2 Å². The van der Waals surface area contributed by atoms with Gasteiger partial charge < -0.3 is 15.2 Å². The van der Waals surface area contributed by atoms with E-state index in [4.69, 9.17) is 15.2 Å². The van der Waals surface area contributed by atoms with Crippen LogP contribution in [0.15, 0.2) is 90.7 Å². The van der Waals surface area contributed by atoms with Gasteiger partial charge in [0.15, 0.2) is 0 Å². The predicted octanol–water partition coefficient (Wildman–Crippen LogP) is 4.56. The van der Waals surface area contributed by atoms with E-state index in [9.17, 15) is 0 Å². The quantitative estimate of drug-likeness (QED) is 0.596. The Morgan fingerprint density at radius 2 is 1.56 bits per heavy atom. The van der Waals surface area contributed by atoms with Gasteiger partial charge in [0.2, 0.25) is 0 Å². The summed E-state index contributed by atoms with van der Waals surface area (Å²) in [6, 6.07) is 17.7. The van der Waals surface area contributed by atoms with Crippen molar-refractivity contribution in [3.05, 3.63) is 102 Å². The highest BCUT2D eigenvalue weighted by molar-refractivity contribution is 5.51. The number of nitrogens with two attached hydrogens (primary N) is 1. The van der Waals surface area contributed by atoms with Gasteiger partial charge in [-0.15, -0.1) is 0 Å². The van der Waals surface area contributed by atoms with Gasteiger partial charge in [-0.1, -0.05) is 55.1 Å². The molecule has 0 spiro atoms. The molecular formula is C22H25NO2. The van der Waals surface area contributed by atoms with Crippen molar-refractivity contribution in [3.63, 3.8) is 0 Å². The van der Waals surface area contributed by atoms with Crippen molar-refractivity contribution >= 4 is 0 Å². The first kappa shape index (κ1) is 18.6. The van der Waals surface area contributed by atoms with Gasteiger partial charge >= 0.3 is 0 Å². The fourth-order valence-corrected chi connectivity index (χ4v) is 2.69. The summed E-state index contributed by atoms with van der Waals surface area (Å²) in [6.45, 7) is 6.16. The third-order valence-electron chi connectivity index (χ3n) is 4.25. The third kappa shape index (κ3) is 4.01. The van der Waals surface area contributed by atoms with Crippen LogP contribution in [0.1, 0.15) is 18.1 Å². The van der Waals surface area contributed by atoms with E-state index in [1.165, 1.54) is 0 Å². The number of allylic oxidation sites excluding steroid dienone is 2. The van der Waals surface area contributed by atoms with Crippen molar-refractivity contribution in [1.82, 2.24) is 0 Å². The zero-order valence-electron chi connectivity index (χ0n) is 15.0. The molecule has 0 aliphatic rings. The normalized spacial score (nSPS) is 14.2. The molecule has 0 amide bonds. The monoisotopic (exact) mass is 335 g/mol. The fourth-order valence-electron chi connectivity index (χ4n) is 2.69. The standard InChI is InChI=1S/C22H25NO2/c1-5-20(24-3)14-11-17(2)22(23,18-9-7-6-8-10-18)19-12-15-21(25-4)16-13-19/h5-16H,2,23H2,1,3-4H3/b14-11-,20-5+. The van der Waals surface area contributed by atoms with E-state index in [0.29, 0.717) is 0 Å². The molecule has 0 saturated heterocycles. The second-order valence-electron chi connectivity index (χ2n) is 5.66. The average Bonchev–Trinajstić information content (AvgIpc) is 2.68. The van der Waals surface area contributed by atoms with Gasteiger partial charge in [-0.05, 0) is 47.9 Å². The largest absolute Gasteiger partial charge is 0.497 e. The van der Waals surface area contributed by atoms with Crippen molar-refractivity contribution < 1.29 is 9.47 Å². The number of methoxy groups -OCH3 is 2. The highest BCUT2D eigenvalue weighted by Crippen LogP contribution is 2.35. The summed E-state index contributed by atoms with van der Waals surface area (Å²) in [4.78, 5) is 0. The molecule has 0 saturated carbocycles.